The summed E-state index contributed by atoms with van der Waals surface area (Å²) in [4.78, 5) is 75.8. The van der Waals surface area contributed by atoms with E-state index in [1.54, 1.807) is 25.3 Å². The highest BCUT2D eigenvalue weighted by atomic mass is 32.1. The van der Waals surface area contributed by atoms with E-state index in [-0.39, 0.29) is 52.6 Å². The molecule has 3 aliphatic rings. The van der Waals surface area contributed by atoms with Crippen LogP contribution in [-0.2, 0) is 43.2 Å². The molecule has 2 saturated heterocycles. The summed E-state index contributed by atoms with van der Waals surface area (Å²) in [7, 11) is 10.9. The minimum Gasteiger partial charge on any atom is -0.464 e. The lowest BCUT2D eigenvalue weighted by Gasteiger charge is -2.41. The number of nitrogens with one attached hydrogen (secondary N) is 2. The highest BCUT2D eigenvalue weighted by Gasteiger charge is 2.43. The standard InChI is InChI=1S/C49H68N9O6SSi2/c1-11-57-38-18-17-33-23-35(38)36(43(57)34-16-12-20-50-41(34)31(4)63-10)25-48(5,6)29-64-46(61)49(66)19-14-22-58(53-49)45(60)39(24-40-51-37(33)28-65-40)67-52-44(59)42(30(2)3)55(9)47(62)56-21-13-15-32(27-56)26-54(7)8/h12,16-18,20,23,28,30-32,39,42,53H,11,13-15,19,21-22,24-27,29H2,1-10H3,(H,52,59)/t31-,32-,39-,42-,49-/m0/s1. The van der Waals surface area contributed by atoms with Crippen LogP contribution in [0, 0.1) is 17.3 Å². The Hall–Kier alpha value is -4.47. The molecule has 5 radical (unpaired) electrons. The Kier molecular flexibility index (Phi) is 15.8. The van der Waals surface area contributed by atoms with E-state index in [1.807, 2.05) is 51.2 Å². The van der Waals surface area contributed by atoms with E-state index < -0.39 is 28.1 Å². The molecule has 4 aromatic rings. The maximum atomic E-state index is 14.7. The van der Waals surface area contributed by atoms with Gasteiger partial charge in [0.25, 0.3) is 0 Å². The number of hydrogen-bond donors (Lipinski definition) is 2. The van der Waals surface area contributed by atoms with Gasteiger partial charge < -0.3 is 33.7 Å². The maximum absolute atomic E-state index is 14.7. The molecule has 5 atom stereocenters. The number of likely N-dealkylation sites (tertiary alicyclic amines) is 1. The molecule has 67 heavy (non-hydrogen) atoms. The van der Waals surface area contributed by atoms with Crippen molar-refractivity contribution < 1.29 is 28.7 Å². The molecule has 6 bridgehead atoms. The van der Waals surface area contributed by atoms with Crippen molar-refractivity contribution in [2.75, 3.05) is 61.0 Å². The molecule has 359 valence electrons. The number of fused-ring (bicyclic) bond motifs is 6. The fourth-order valence-corrected chi connectivity index (χ4v) is 12.4. The van der Waals surface area contributed by atoms with Gasteiger partial charge in [0.15, 0.2) is 9.68 Å². The number of urea groups is 1. The second kappa shape index (κ2) is 21.0. The summed E-state index contributed by atoms with van der Waals surface area (Å²) < 4.78 is 14.3. The fraction of sp³-hybridized carbons (Fsp3) is 0.592. The summed E-state index contributed by atoms with van der Waals surface area (Å²) in [6, 6.07) is 9.60. The van der Waals surface area contributed by atoms with E-state index in [2.05, 4.69) is 75.2 Å². The van der Waals surface area contributed by atoms with Crippen molar-refractivity contribution in [1.29, 1.82) is 0 Å². The third-order valence-corrected chi connectivity index (χ3v) is 16.0. The second-order valence-corrected chi connectivity index (χ2v) is 23.0. The Bertz CT molecular complexity index is 2440. The van der Waals surface area contributed by atoms with Crippen LogP contribution in [0.5, 0.6) is 0 Å². The molecule has 0 saturated carbocycles. The van der Waals surface area contributed by atoms with Gasteiger partial charge >= 0.3 is 12.0 Å². The van der Waals surface area contributed by atoms with E-state index >= 15 is 0 Å². The molecule has 3 aliphatic heterocycles. The molecule has 0 unspecified atom stereocenters. The van der Waals surface area contributed by atoms with Gasteiger partial charge in [-0.3, -0.25) is 24.4 Å². The van der Waals surface area contributed by atoms with Crippen LogP contribution < -0.4 is 10.4 Å². The lowest BCUT2D eigenvalue weighted by atomic mass is 9.84. The molecule has 2 N–H and O–H groups in total. The Balaban J connectivity index is 1.24. The molecule has 6 heterocycles. The number of aryl methyl sites for hydroxylation is 1. The number of ether oxygens (including phenoxy) is 2. The van der Waals surface area contributed by atoms with E-state index in [4.69, 9.17) is 19.4 Å². The number of nitrogens with zero attached hydrogens (tertiary/aromatic N) is 7. The third kappa shape index (κ3) is 11.0. The first kappa shape index (κ1) is 50.4. The molecular formula is C49H68N9O6SSi2. The van der Waals surface area contributed by atoms with Crippen molar-refractivity contribution in [3.8, 4) is 22.5 Å². The summed E-state index contributed by atoms with van der Waals surface area (Å²) in [5, 5.41) is 3.98. The van der Waals surface area contributed by atoms with Crippen LogP contribution >= 0.6 is 11.3 Å². The number of carbonyl (C=O) groups excluding carboxylic acids is 4. The molecular weight excluding hydrogens is 899 g/mol. The predicted molar refractivity (Wildman–Crippen MR) is 264 cm³/mol. The van der Waals surface area contributed by atoms with Crippen molar-refractivity contribution in [2.45, 2.75) is 109 Å². The van der Waals surface area contributed by atoms with Crippen molar-refractivity contribution in [1.82, 2.24) is 44.7 Å². The van der Waals surface area contributed by atoms with Gasteiger partial charge in [0, 0.05) is 92.3 Å². The monoisotopic (exact) mass is 966 g/mol. The SMILES string of the molecule is CCn1c(-c2cccnc2[C@H](C)OC)c2c3cc(ccc31)-c1csc(n1)C[C@H]([Si]NC(=O)[C@H](C(C)C)N(C)C(=O)N1CCC[C@@H](CN(C)C)C1)C(=O)N1CCC[C@@]([Si])(N1)C(=O)OCC(C)(C)C2. The third-order valence-electron chi connectivity index (χ3n) is 13.4. The Morgan fingerprint density at radius 3 is 2.63 bits per heavy atom. The van der Waals surface area contributed by atoms with E-state index in [0.717, 1.165) is 69.1 Å². The number of cyclic esters (lactones) is 1. The minimum absolute atomic E-state index is 0.119. The average Bonchev–Trinajstić information content (AvgIpc) is 3.89. The Labute approximate surface area is 406 Å². The number of carbonyl (C=O) groups is 4. The normalized spacial score (nSPS) is 22.4. The molecule has 7 rings (SSSR count). The molecule has 1 aromatic carbocycles. The quantitative estimate of drug-likeness (QED) is 0.134. The second-order valence-electron chi connectivity index (χ2n) is 20.0. The zero-order valence-corrected chi connectivity index (χ0v) is 43.7. The van der Waals surface area contributed by atoms with E-state index in [1.165, 1.54) is 16.3 Å². The van der Waals surface area contributed by atoms with Gasteiger partial charge in [0.05, 0.1) is 50.6 Å². The van der Waals surface area contributed by atoms with Crippen molar-refractivity contribution in [3.63, 3.8) is 0 Å². The zero-order chi connectivity index (χ0) is 48.4. The summed E-state index contributed by atoms with van der Waals surface area (Å²) in [5.74, 6) is -0.922. The van der Waals surface area contributed by atoms with Gasteiger partial charge in [-0.1, -0.05) is 33.8 Å². The number of piperidine rings is 1. The van der Waals surface area contributed by atoms with Crippen LogP contribution in [0.3, 0.4) is 0 Å². The van der Waals surface area contributed by atoms with Crippen molar-refractivity contribution in [2.24, 2.45) is 17.3 Å². The molecule has 2 fully saturated rings. The molecule has 0 spiro atoms. The van der Waals surface area contributed by atoms with Gasteiger partial charge in [-0.2, -0.15) is 0 Å². The van der Waals surface area contributed by atoms with Gasteiger partial charge in [0.1, 0.15) is 11.2 Å². The first-order valence-corrected chi connectivity index (χ1v) is 26.1. The van der Waals surface area contributed by atoms with Crippen LogP contribution in [0.1, 0.15) is 89.6 Å². The number of pyridine rings is 1. The van der Waals surface area contributed by atoms with Gasteiger partial charge in [-0.25, -0.2) is 15.2 Å². The smallest absolute Gasteiger partial charge is 0.323 e. The van der Waals surface area contributed by atoms with Crippen molar-refractivity contribution >= 4 is 66.0 Å². The van der Waals surface area contributed by atoms with Gasteiger partial charge in [-0.05, 0) is 102 Å². The first-order valence-electron chi connectivity index (χ1n) is 23.7. The number of aromatic nitrogens is 3. The minimum atomic E-state index is -1.36. The molecule has 4 amide bonds. The number of esters is 1. The van der Waals surface area contributed by atoms with Crippen LogP contribution in [0.4, 0.5) is 4.79 Å². The lowest BCUT2D eigenvalue weighted by Crippen LogP contribution is -2.65. The average molecular weight is 967 g/mol. The van der Waals surface area contributed by atoms with E-state index in [0.29, 0.717) is 51.4 Å². The summed E-state index contributed by atoms with van der Waals surface area (Å²) in [6.45, 7) is 15.6. The van der Waals surface area contributed by atoms with Gasteiger partial charge in [0.2, 0.25) is 11.8 Å². The molecule has 18 heteroatoms. The number of hydrogen-bond acceptors (Lipinski definition) is 11. The molecule has 3 aromatic heterocycles. The van der Waals surface area contributed by atoms with Crippen molar-refractivity contribution in [3.05, 3.63) is 58.2 Å². The zero-order valence-electron chi connectivity index (χ0n) is 40.9. The van der Waals surface area contributed by atoms with E-state index in [9.17, 15) is 19.2 Å². The number of rotatable bonds is 11. The number of methoxy groups -OCH3 is 1. The molecule has 0 aliphatic carbocycles. The Morgan fingerprint density at radius 2 is 1.91 bits per heavy atom. The van der Waals surface area contributed by atoms with Crippen LogP contribution in [0.2, 0.25) is 5.54 Å². The van der Waals surface area contributed by atoms with Crippen LogP contribution in [-0.4, -0.2) is 150 Å². The highest BCUT2D eigenvalue weighted by Crippen LogP contribution is 2.42. The number of hydrazine groups is 1. The molecule has 15 nitrogen and oxygen atoms in total. The number of likely N-dealkylation sites (N-methyl/N-ethyl adjacent to an activating group) is 1. The fourth-order valence-electron chi connectivity index (χ4n) is 10.0. The lowest BCUT2D eigenvalue weighted by molar-refractivity contribution is -0.157. The van der Waals surface area contributed by atoms with Crippen LogP contribution in [0.15, 0.2) is 41.9 Å². The summed E-state index contributed by atoms with van der Waals surface area (Å²) in [6.07, 6.45) is 5.29. The summed E-state index contributed by atoms with van der Waals surface area (Å²) in [5.41, 5.74) is 8.75. The Morgan fingerprint density at radius 1 is 1.13 bits per heavy atom. The summed E-state index contributed by atoms with van der Waals surface area (Å²) >= 11 is 1.48. The van der Waals surface area contributed by atoms with Crippen LogP contribution in [0.25, 0.3) is 33.4 Å². The number of amides is 4. The predicted octanol–water partition coefficient (Wildman–Crippen LogP) is 6.09. The maximum Gasteiger partial charge on any atom is 0.323 e. The topological polar surface area (TPSA) is 154 Å². The number of thiazole rings is 1. The first-order chi connectivity index (χ1) is 31.8. The van der Waals surface area contributed by atoms with Gasteiger partial charge in [-0.15, -0.1) is 11.3 Å². The highest BCUT2D eigenvalue weighted by molar-refractivity contribution is 7.10. The number of benzene rings is 1. The largest absolute Gasteiger partial charge is 0.464 e.